The Morgan fingerprint density at radius 1 is 1.32 bits per heavy atom. The molecular formula is C14H20N2O3. The molecule has 0 aliphatic carbocycles. The van der Waals surface area contributed by atoms with Crippen LogP contribution in [0.25, 0.3) is 0 Å². The van der Waals surface area contributed by atoms with Crippen LogP contribution in [-0.2, 0) is 0 Å². The molecule has 0 bridgehead atoms. The molecule has 5 nitrogen and oxygen atoms in total. The van der Waals surface area contributed by atoms with E-state index in [2.05, 4.69) is 16.3 Å². The third kappa shape index (κ3) is 2.77. The molecule has 0 saturated carbocycles. The minimum atomic E-state index is 0.229. The highest BCUT2D eigenvalue weighted by molar-refractivity contribution is 5.57. The van der Waals surface area contributed by atoms with Crippen LogP contribution in [0.5, 0.6) is 11.5 Å². The van der Waals surface area contributed by atoms with Gasteiger partial charge >= 0.3 is 0 Å². The van der Waals surface area contributed by atoms with E-state index >= 15 is 0 Å². The molecule has 2 heterocycles. The van der Waals surface area contributed by atoms with Gasteiger partial charge in [-0.1, -0.05) is 0 Å². The first-order valence-corrected chi connectivity index (χ1v) is 6.85. The van der Waals surface area contributed by atoms with Crippen molar-refractivity contribution in [2.45, 2.75) is 18.9 Å². The second-order valence-electron chi connectivity index (χ2n) is 5.00. The van der Waals surface area contributed by atoms with Gasteiger partial charge in [-0.25, -0.2) is 0 Å². The number of nitrogens with one attached hydrogen (secondary N) is 1. The first kappa shape index (κ1) is 12.6. The molecule has 1 aromatic carbocycles. The van der Waals surface area contributed by atoms with E-state index in [1.807, 2.05) is 12.1 Å². The Morgan fingerprint density at radius 2 is 2.21 bits per heavy atom. The summed E-state index contributed by atoms with van der Waals surface area (Å²) in [5.41, 5.74) is 1.16. The fourth-order valence-corrected chi connectivity index (χ4v) is 2.66. The molecule has 19 heavy (non-hydrogen) atoms. The third-order valence-corrected chi connectivity index (χ3v) is 3.68. The summed E-state index contributed by atoms with van der Waals surface area (Å²) in [6, 6.07) is 6.44. The highest BCUT2D eigenvalue weighted by Gasteiger charge is 2.20. The van der Waals surface area contributed by atoms with Crippen LogP contribution in [0.4, 0.5) is 5.69 Å². The Balaban J connectivity index is 1.76. The first-order chi connectivity index (χ1) is 9.36. The number of ether oxygens (including phenoxy) is 2. The Labute approximate surface area is 113 Å². The van der Waals surface area contributed by atoms with Crippen LogP contribution < -0.4 is 19.7 Å². The number of hydrogen-bond donors (Lipinski definition) is 2. The Kier molecular flexibility index (Phi) is 3.75. The second kappa shape index (κ2) is 5.67. The van der Waals surface area contributed by atoms with Crippen LogP contribution in [0.1, 0.15) is 12.8 Å². The zero-order valence-corrected chi connectivity index (χ0v) is 11.0. The van der Waals surface area contributed by atoms with Crippen LogP contribution in [0.3, 0.4) is 0 Å². The number of aliphatic hydroxyl groups excluding tert-OH is 1. The molecule has 5 heteroatoms. The summed E-state index contributed by atoms with van der Waals surface area (Å²) >= 11 is 0. The molecule has 1 atom stereocenters. The smallest absolute Gasteiger partial charge is 0.231 e. The standard InChI is InChI=1S/C14H20N2O3/c17-7-4-11-9-16(6-1-5-15-11)12-2-3-13-14(8-12)19-10-18-13/h2-3,8,11,15,17H,1,4-7,9-10H2. The summed E-state index contributed by atoms with van der Waals surface area (Å²) in [7, 11) is 0. The molecule has 2 N–H and O–H groups in total. The Hall–Kier alpha value is -1.46. The molecule has 1 unspecified atom stereocenters. The van der Waals surface area contributed by atoms with E-state index in [0.717, 1.165) is 49.7 Å². The highest BCUT2D eigenvalue weighted by Crippen LogP contribution is 2.35. The summed E-state index contributed by atoms with van der Waals surface area (Å²) in [5, 5.41) is 12.6. The third-order valence-electron chi connectivity index (χ3n) is 3.68. The Bertz CT molecular complexity index is 439. The molecule has 1 aromatic rings. The predicted molar refractivity (Wildman–Crippen MR) is 72.9 cm³/mol. The van der Waals surface area contributed by atoms with Crippen LogP contribution in [0.2, 0.25) is 0 Å². The van der Waals surface area contributed by atoms with Crippen molar-refractivity contribution in [3.8, 4) is 11.5 Å². The lowest BCUT2D eigenvalue weighted by Crippen LogP contribution is -2.38. The van der Waals surface area contributed by atoms with Crippen molar-refractivity contribution in [1.29, 1.82) is 0 Å². The lowest BCUT2D eigenvalue weighted by Gasteiger charge is -2.26. The summed E-state index contributed by atoms with van der Waals surface area (Å²) in [6.45, 7) is 3.49. The topological polar surface area (TPSA) is 54.0 Å². The number of nitrogens with zero attached hydrogens (tertiary/aromatic N) is 1. The number of rotatable bonds is 3. The summed E-state index contributed by atoms with van der Waals surface area (Å²) in [5.74, 6) is 1.65. The van der Waals surface area contributed by atoms with Gasteiger partial charge in [-0.3, -0.25) is 0 Å². The number of hydrogen-bond acceptors (Lipinski definition) is 5. The van der Waals surface area contributed by atoms with Crippen molar-refractivity contribution in [2.75, 3.05) is 37.9 Å². The van der Waals surface area contributed by atoms with Gasteiger partial charge in [0, 0.05) is 37.5 Å². The van der Waals surface area contributed by atoms with Crippen molar-refractivity contribution in [3.63, 3.8) is 0 Å². The molecule has 0 aromatic heterocycles. The van der Waals surface area contributed by atoms with Crippen molar-refractivity contribution in [1.82, 2.24) is 5.32 Å². The average molecular weight is 264 g/mol. The maximum atomic E-state index is 9.10. The monoisotopic (exact) mass is 264 g/mol. The first-order valence-electron chi connectivity index (χ1n) is 6.85. The lowest BCUT2D eigenvalue weighted by molar-refractivity contribution is 0.174. The number of benzene rings is 1. The lowest BCUT2D eigenvalue weighted by atomic mass is 10.2. The van der Waals surface area contributed by atoms with E-state index in [-0.39, 0.29) is 6.61 Å². The normalized spacial score (nSPS) is 22.4. The molecule has 0 spiro atoms. The van der Waals surface area contributed by atoms with E-state index < -0.39 is 0 Å². The van der Waals surface area contributed by atoms with E-state index in [1.54, 1.807) is 0 Å². The molecular weight excluding hydrogens is 244 g/mol. The van der Waals surface area contributed by atoms with Gasteiger partial charge in [-0.15, -0.1) is 0 Å². The van der Waals surface area contributed by atoms with Crippen molar-refractivity contribution >= 4 is 5.69 Å². The van der Waals surface area contributed by atoms with Gasteiger partial charge in [0.2, 0.25) is 6.79 Å². The van der Waals surface area contributed by atoms with Gasteiger partial charge in [-0.2, -0.15) is 0 Å². The van der Waals surface area contributed by atoms with E-state index in [0.29, 0.717) is 12.8 Å². The minimum Gasteiger partial charge on any atom is -0.454 e. The number of fused-ring (bicyclic) bond motifs is 1. The molecule has 104 valence electrons. The fourth-order valence-electron chi connectivity index (χ4n) is 2.66. The second-order valence-corrected chi connectivity index (χ2v) is 5.00. The summed E-state index contributed by atoms with van der Waals surface area (Å²) in [4.78, 5) is 2.35. The SMILES string of the molecule is OCCC1CN(c2ccc3c(c2)OCO3)CCCN1. The highest BCUT2D eigenvalue weighted by atomic mass is 16.7. The van der Waals surface area contributed by atoms with Crippen LogP contribution >= 0.6 is 0 Å². The van der Waals surface area contributed by atoms with E-state index in [1.165, 1.54) is 0 Å². The van der Waals surface area contributed by atoms with Gasteiger partial charge in [-0.05, 0) is 31.5 Å². The van der Waals surface area contributed by atoms with E-state index in [9.17, 15) is 0 Å². The van der Waals surface area contributed by atoms with Crippen LogP contribution in [0.15, 0.2) is 18.2 Å². The van der Waals surface area contributed by atoms with Crippen molar-refractivity contribution < 1.29 is 14.6 Å². The van der Waals surface area contributed by atoms with E-state index in [4.69, 9.17) is 14.6 Å². The molecule has 2 aliphatic heterocycles. The average Bonchev–Trinajstić information content (AvgIpc) is 2.77. The van der Waals surface area contributed by atoms with Gasteiger partial charge < -0.3 is 24.8 Å². The maximum absolute atomic E-state index is 9.10. The molecule has 2 aliphatic rings. The maximum Gasteiger partial charge on any atom is 0.231 e. The predicted octanol–water partition coefficient (Wildman–Crippen LogP) is 0.966. The minimum absolute atomic E-state index is 0.229. The van der Waals surface area contributed by atoms with Crippen LogP contribution in [0, 0.1) is 0 Å². The zero-order valence-electron chi connectivity index (χ0n) is 11.0. The molecule has 1 fully saturated rings. The fraction of sp³-hybridized carbons (Fsp3) is 0.571. The van der Waals surface area contributed by atoms with Crippen LogP contribution in [-0.4, -0.2) is 44.2 Å². The molecule has 1 saturated heterocycles. The molecule has 0 radical (unpaired) electrons. The molecule has 0 amide bonds. The summed E-state index contributed by atoms with van der Waals surface area (Å²) in [6.07, 6.45) is 1.90. The zero-order chi connectivity index (χ0) is 13.1. The van der Waals surface area contributed by atoms with Gasteiger partial charge in [0.15, 0.2) is 11.5 Å². The summed E-state index contributed by atoms with van der Waals surface area (Å²) < 4.78 is 10.8. The largest absolute Gasteiger partial charge is 0.454 e. The van der Waals surface area contributed by atoms with Gasteiger partial charge in [0.1, 0.15) is 0 Å². The van der Waals surface area contributed by atoms with Crippen molar-refractivity contribution in [3.05, 3.63) is 18.2 Å². The van der Waals surface area contributed by atoms with Gasteiger partial charge in [0.25, 0.3) is 0 Å². The quantitative estimate of drug-likeness (QED) is 0.852. The number of aliphatic hydroxyl groups is 1. The Morgan fingerprint density at radius 3 is 3.11 bits per heavy atom. The number of anilines is 1. The van der Waals surface area contributed by atoms with Crippen molar-refractivity contribution in [2.24, 2.45) is 0 Å². The molecule has 3 rings (SSSR count). The van der Waals surface area contributed by atoms with Gasteiger partial charge in [0.05, 0.1) is 0 Å².